The minimum Gasteiger partial charge on any atom is -0.309 e. The maximum atomic E-state index is 2.41. The fourth-order valence-electron chi connectivity index (χ4n) is 17.0. The van der Waals surface area contributed by atoms with Crippen molar-refractivity contribution in [2.24, 2.45) is 0 Å². The summed E-state index contributed by atoms with van der Waals surface area (Å²) in [5, 5.41) is 17.8. The second-order valence-electron chi connectivity index (χ2n) is 29.8. The summed E-state index contributed by atoms with van der Waals surface area (Å²) in [7, 11) is 0. The van der Waals surface area contributed by atoms with Crippen LogP contribution in [0.4, 0.5) is 0 Å². The Kier molecular flexibility index (Phi) is 16.9. The van der Waals surface area contributed by atoms with E-state index < -0.39 is 0 Å². The Morgan fingerprint density at radius 3 is 0.714 bits per heavy atom. The lowest BCUT2D eigenvalue weighted by Crippen LogP contribution is -1.93. The molecule has 0 N–H and O–H groups in total. The van der Waals surface area contributed by atoms with Crippen LogP contribution in [0.25, 0.3) is 192 Å². The van der Waals surface area contributed by atoms with Crippen LogP contribution >= 0.6 is 0 Å². The van der Waals surface area contributed by atoms with Crippen LogP contribution in [0.15, 0.2) is 413 Å². The molecule has 3 heteroatoms. The molecular formula is C109H77N3. The fourth-order valence-corrected chi connectivity index (χ4v) is 17.0. The lowest BCUT2D eigenvalue weighted by Gasteiger charge is -2.10. The third-order valence-electron chi connectivity index (χ3n) is 22.8. The number of aromatic nitrogens is 3. The maximum absolute atomic E-state index is 2.41. The van der Waals surface area contributed by atoms with Crippen LogP contribution in [0, 0.1) is 20.8 Å². The molecule has 0 radical (unpaired) electrons. The van der Waals surface area contributed by atoms with Gasteiger partial charge >= 0.3 is 0 Å². The topological polar surface area (TPSA) is 14.8 Å². The van der Waals surface area contributed by atoms with E-state index in [0.29, 0.717) is 0 Å². The zero-order valence-electron chi connectivity index (χ0n) is 62.6. The molecule has 0 amide bonds. The predicted molar refractivity (Wildman–Crippen MR) is 479 cm³/mol. The third-order valence-corrected chi connectivity index (χ3v) is 22.8. The summed E-state index contributed by atoms with van der Waals surface area (Å²) in [6.45, 7) is 6.41. The Balaban J connectivity index is 0.000000110. The number of fused-ring (bicyclic) bond motifs is 13. The SMILES string of the molecule is Cc1ccc(-n2c3ccc(-c4ccc5ccccc5c4)cc3c3cc(-c4ccc5ccccc5c4)ccc32)cc1.Cc1ccc(-n2c3ccc(-c4cccc5ccccc45)cc3c3cc(-c4cccc5ccccc45)ccc32)cc1.Cc1ccc(-n2c3ccc(-c4ccccc4)cc3c3cc(-c4ccccc4)ccc32)cc1. The van der Waals surface area contributed by atoms with Crippen molar-refractivity contribution in [2.45, 2.75) is 20.8 Å². The lowest BCUT2D eigenvalue weighted by atomic mass is 9.95. The number of nitrogens with zero attached hydrogens (tertiary/aromatic N) is 3. The molecule has 0 spiro atoms. The van der Waals surface area contributed by atoms with E-state index in [1.165, 1.54) is 209 Å². The van der Waals surface area contributed by atoms with E-state index in [1.54, 1.807) is 0 Å². The van der Waals surface area contributed by atoms with Crippen LogP contribution in [0.2, 0.25) is 0 Å². The number of hydrogen-bond acceptors (Lipinski definition) is 0. The summed E-state index contributed by atoms with van der Waals surface area (Å²) in [6.07, 6.45) is 0. The quantitative estimate of drug-likeness (QED) is 0.137. The van der Waals surface area contributed by atoms with E-state index in [0.717, 1.165) is 0 Å². The zero-order valence-corrected chi connectivity index (χ0v) is 62.6. The third kappa shape index (κ3) is 12.3. The summed E-state index contributed by atoms with van der Waals surface area (Å²) in [5.74, 6) is 0. The number of aryl methyl sites for hydroxylation is 3. The molecule has 0 aliphatic carbocycles. The first-order valence-corrected chi connectivity index (χ1v) is 38.7. The Morgan fingerprint density at radius 1 is 0.143 bits per heavy atom. The van der Waals surface area contributed by atoms with Gasteiger partial charge in [0.2, 0.25) is 0 Å². The van der Waals surface area contributed by atoms with Gasteiger partial charge in [0.1, 0.15) is 0 Å². The van der Waals surface area contributed by atoms with E-state index in [1.807, 2.05) is 0 Å². The molecule has 3 heterocycles. The van der Waals surface area contributed by atoms with Crippen molar-refractivity contribution in [3.8, 4) is 83.8 Å². The summed E-state index contributed by atoms with van der Waals surface area (Å²) >= 11 is 0. The van der Waals surface area contributed by atoms with E-state index in [-0.39, 0.29) is 0 Å². The van der Waals surface area contributed by atoms with E-state index in [9.17, 15) is 0 Å². The first-order chi connectivity index (χ1) is 55.2. The monoisotopic (exact) mass is 1430 g/mol. The number of benzene rings is 19. The van der Waals surface area contributed by atoms with Crippen LogP contribution in [-0.2, 0) is 0 Å². The van der Waals surface area contributed by atoms with E-state index in [2.05, 4.69) is 447 Å². The Bertz CT molecular complexity index is 6980. The minimum atomic E-state index is 1.18. The van der Waals surface area contributed by atoms with Gasteiger partial charge in [-0.15, -0.1) is 0 Å². The molecule has 112 heavy (non-hydrogen) atoms. The van der Waals surface area contributed by atoms with Crippen molar-refractivity contribution >= 4 is 109 Å². The van der Waals surface area contributed by atoms with Crippen molar-refractivity contribution < 1.29 is 0 Å². The highest BCUT2D eigenvalue weighted by Crippen LogP contribution is 2.43. The van der Waals surface area contributed by atoms with Gasteiger partial charge in [-0.25, -0.2) is 0 Å². The van der Waals surface area contributed by atoms with Crippen molar-refractivity contribution in [1.29, 1.82) is 0 Å². The molecule has 0 aliphatic rings. The largest absolute Gasteiger partial charge is 0.309 e. The molecule has 19 aromatic carbocycles. The highest BCUT2D eigenvalue weighted by atomic mass is 15.0. The summed E-state index contributed by atoms with van der Waals surface area (Å²) in [5.41, 5.74) is 29.6. The van der Waals surface area contributed by atoms with Gasteiger partial charge < -0.3 is 13.7 Å². The molecule has 22 rings (SSSR count). The molecule has 0 bridgehead atoms. The molecule has 0 saturated heterocycles. The van der Waals surface area contributed by atoms with Crippen LogP contribution in [0.3, 0.4) is 0 Å². The predicted octanol–water partition coefficient (Wildman–Crippen LogP) is 29.9. The zero-order chi connectivity index (χ0) is 74.8. The van der Waals surface area contributed by atoms with Gasteiger partial charge in [-0.2, -0.15) is 0 Å². The molecule has 0 unspecified atom stereocenters. The molecule has 0 fully saturated rings. The molecule has 3 nitrogen and oxygen atoms in total. The first kappa shape index (κ1) is 67.0. The van der Waals surface area contributed by atoms with E-state index >= 15 is 0 Å². The van der Waals surface area contributed by atoms with Crippen LogP contribution in [0.1, 0.15) is 16.7 Å². The molecular weight excluding hydrogens is 1350 g/mol. The van der Waals surface area contributed by atoms with E-state index in [4.69, 9.17) is 0 Å². The van der Waals surface area contributed by atoms with Crippen LogP contribution in [0.5, 0.6) is 0 Å². The Labute approximate surface area is 651 Å². The number of hydrogen-bond donors (Lipinski definition) is 0. The minimum absolute atomic E-state index is 1.18. The second kappa shape index (κ2) is 28.3. The molecule has 22 aromatic rings. The standard InChI is InChI=1S/2C39H27N.C31H23N/c1-26-16-20-31(21-17-26)40-38-22-18-29(34-14-6-10-27-8-2-4-12-32(27)34)24-36(38)37-25-30(19-23-39(37)40)35-15-7-11-28-9-3-5-13-33(28)35;1-26-10-18-35(19-11-26)40-38-20-16-33(31-14-12-27-6-2-4-8-29(27)22-31)24-36(38)37-25-34(17-21-39(37)40)32-15-13-28-7-3-5-9-30(28)23-32;1-22-12-16-27(17-13-22)32-30-18-14-25(23-8-4-2-5-9-23)20-28(30)29-21-26(15-19-31(29)32)24-10-6-3-7-11-24/h2*2-25H,1H3;2-21H,1H3. The van der Waals surface area contributed by atoms with Gasteiger partial charge in [-0.3, -0.25) is 0 Å². The van der Waals surface area contributed by atoms with Crippen molar-refractivity contribution in [2.75, 3.05) is 0 Å². The van der Waals surface area contributed by atoms with Crippen molar-refractivity contribution in [1.82, 2.24) is 13.7 Å². The normalized spacial score (nSPS) is 11.5. The smallest absolute Gasteiger partial charge is 0.0541 e. The van der Waals surface area contributed by atoms with Crippen molar-refractivity contribution in [3.05, 3.63) is 429 Å². The molecule has 3 aromatic heterocycles. The van der Waals surface area contributed by atoms with Gasteiger partial charge in [0, 0.05) is 49.4 Å². The Hall–Kier alpha value is -14.4. The summed E-state index contributed by atoms with van der Waals surface area (Å²) in [4.78, 5) is 0. The lowest BCUT2D eigenvalue weighted by molar-refractivity contribution is 1.17. The fraction of sp³-hybridized carbons (Fsp3) is 0.0275. The summed E-state index contributed by atoms with van der Waals surface area (Å²) in [6, 6.07) is 150. The van der Waals surface area contributed by atoms with Crippen molar-refractivity contribution in [3.63, 3.8) is 0 Å². The van der Waals surface area contributed by atoms with Gasteiger partial charge in [-0.05, 0) is 252 Å². The molecule has 0 atom stereocenters. The molecule has 528 valence electrons. The van der Waals surface area contributed by atoms with Gasteiger partial charge in [0.25, 0.3) is 0 Å². The molecule has 0 aliphatic heterocycles. The van der Waals surface area contributed by atoms with Gasteiger partial charge in [0.05, 0.1) is 33.1 Å². The Morgan fingerprint density at radius 2 is 0.384 bits per heavy atom. The van der Waals surface area contributed by atoms with Crippen LogP contribution in [-0.4, -0.2) is 13.7 Å². The van der Waals surface area contributed by atoms with Gasteiger partial charge in [0.15, 0.2) is 0 Å². The van der Waals surface area contributed by atoms with Crippen LogP contribution < -0.4 is 0 Å². The average molecular weight is 1430 g/mol. The second-order valence-corrected chi connectivity index (χ2v) is 29.8. The maximum Gasteiger partial charge on any atom is 0.0541 e. The number of rotatable bonds is 9. The average Bonchev–Trinajstić information content (AvgIpc) is 1.59. The highest BCUT2D eigenvalue weighted by Gasteiger charge is 2.20. The first-order valence-electron chi connectivity index (χ1n) is 38.7. The van der Waals surface area contributed by atoms with Gasteiger partial charge in [-0.1, -0.05) is 308 Å². The summed E-state index contributed by atoms with van der Waals surface area (Å²) < 4.78 is 7.19. The molecule has 0 saturated carbocycles. The highest BCUT2D eigenvalue weighted by molar-refractivity contribution is 6.16.